The molecule has 3 nitrogen and oxygen atoms in total. The molecule has 0 bridgehead atoms. The van der Waals surface area contributed by atoms with Crippen molar-refractivity contribution in [3.05, 3.63) is 0 Å². The Labute approximate surface area is 45.1 Å². The molecule has 0 unspecified atom stereocenters. The number of hydrogen-bond acceptors (Lipinski definition) is 2. The normalized spacial score (nSPS) is 11.9. The standard InChI is InChI=1S/C2H3F2NO2S/c1-5-8(6,7)2(3)4/h2H,1H2. The predicted molar refractivity (Wildman–Crippen MR) is 24.5 cm³/mol. The van der Waals surface area contributed by atoms with Crippen molar-refractivity contribution < 1.29 is 17.2 Å². The first kappa shape index (κ1) is 7.48. The van der Waals surface area contributed by atoms with Crippen molar-refractivity contribution >= 4 is 16.7 Å². The maximum Gasteiger partial charge on any atom is 0.357 e. The fourth-order valence-electron chi connectivity index (χ4n) is 0.0563. The van der Waals surface area contributed by atoms with Crippen LogP contribution in [0, 0.1) is 0 Å². The molecule has 0 saturated carbocycles. The lowest BCUT2D eigenvalue weighted by Gasteiger charge is -1.89. The van der Waals surface area contributed by atoms with Crippen molar-refractivity contribution in [3.63, 3.8) is 0 Å². The van der Waals surface area contributed by atoms with E-state index in [1.807, 2.05) is 0 Å². The molecule has 0 aliphatic heterocycles. The fourth-order valence-corrected chi connectivity index (χ4v) is 0.169. The zero-order valence-corrected chi connectivity index (χ0v) is 4.53. The lowest BCUT2D eigenvalue weighted by atomic mass is 11.7. The summed E-state index contributed by atoms with van der Waals surface area (Å²) < 4.78 is 43.8. The minimum absolute atomic E-state index is 2.19. The van der Waals surface area contributed by atoms with Crippen LogP contribution in [-0.4, -0.2) is 20.9 Å². The molecule has 0 aromatic heterocycles. The Morgan fingerprint density at radius 2 is 1.88 bits per heavy atom. The highest BCUT2D eigenvalue weighted by Crippen LogP contribution is 2.04. The van der Waals surface area contributed by atoms with Crippen LogP contribution in [0.2, 0.25) is 0 Å². The van der Waals surface area contributed by atoms with Crippen molar-refractivity contribution in [2.75, 3.05) is 0 Å². The van der Waals surface area contributed by atoms with E-state index in [-0.39, 0.29) is 0 Å². The SMILES string of the molecule is C=NS(=O)(=O)C(F)F. The van der Waals surface area contributed by atoms with E-state index in [0.717, 1.165) is 0 Å². The second-order valence-corrected chi connectivity index (χ2v) is 2.55. The summed E-state index contributed by atoms with van der Waals surface area (Å²) in [5.74, 6) is -3.44. The molecular formula is C2H3F2NO2S. The van der Waals surface area contributed by atoms with Gasteiger partial charge in [-0.1, -0.05) is 0 Å². The van der Waals surface area contributed by atoms with Gasteiger partial charge in [-0.25, -0.2) is 0 Å². The highest BCUT2D eigenvalue weighted by molar-refractivity contribution is 7.90. The third-order valence-electron chi connectivity index (χ3n) is 0.405. The van der Waals surface area contributed by atoms with Crippen molar-refractivity contribution in [3.8, 4) is 0 Å². The second-order valence-electron chi connectivity index (χ2n) is 0.905. The van der Waals surface area contributed by atoms with Crippen LogP contribution >= 0.6 is 0 Å². The van der Waals surface area contributed by atoms with E-state index in [1.54, 1.807) is 0 Å². The first-order chi connectivity index (χ1) is 3.50. The third-order valence-corrected chi connectivity index (χ3v) is 1.22. The molecule has 0 atom stereocenters. The summed E-state index contributed by atoms with van der Waals surface area (Å²) in [6.45, 7) is 2.44. The zero-order chi connectivity index (χ0) is 6.78. The lowest BCUT2D eigenvalue weighted by Crippen LogP contribution is -2.05. The van der Waals surface area contributed by atoms with Gasteiger partial charge in [-0.3, -0.25) is 0 Å². The maximum absolute atomic E-state index is 11.1. The van der Waals surface area contributed by atoms with Crippen LogP contribution in [0.15, 0.2) is 4.40 Å². The minimum Gasteiger partial charge on any atom is -0.199 e. The summed E-state index contributed by atoms with van der Waals surface area (Å²) in [7, 11) is -4.56. The smallest absolute Gasteiger partial charge is 0.199 e. The molecule has 0 rings (SSSR count). The van der Waals surface area contributed by atoms with Crippen molar-refractivity contribution in [1.82, 2.24) is 0 Å². The molecule has 0 heterocycles. The van der Waals surface area contributed by atoms with Gasteiger partial charge in [0.1, 0.15) is 0 Å². The van der Waals surface area contributed by atoms with Crippen LogP contribution in [0.25, 0.3) is 0 Å². The second kappa shape index (κ2) is 2.17. The number of sulfonamides is 1. The molecule has 8 heavy (non-hydrogen) atoms. The Balaban J connectivity index is 4.40. The Bertz CT molecular complexity index is 172. The molecule has 0 aromatic rings. The number of halogens is 2. The first-order valence-electron chi connectivity index (χ1n) is 1.50. The van der Waals surface area contributed by atoms with E-state index in [4.69, 9.17) is 0 Å². The zero-order valence-electron chi connectivity index (χ0n) is 3.71. The average Bonchev–Trinajstić information content (AvgIpc) is 1.67. The van der Waals surface area contributed by atoms with Gasteiger partial charge in [0, 0.05) is 6.72 Å². The third kappa shape index (κ3) is 1.53. The molecule has 48 valence electrons. The summed E-state index contributed by atoms with van der Waals surface area (Å²) in [6.07, 6.45) is 0. The van der Waals surface area contributed by atoms with Crippen LogP contribution in [0.1, 0.15) is 0 Å². The molecule has 0 aliphatic carbocycles. The van der Waals surface area contributed by atoms with E-state index >= 15 is 0 Å². The molecule has 0 amide bonds. The summed E-state index contributed by atoms with van der Waals surface area (Å²) >= 11 is 0. The highest BCUT2D eigenvalue weighted by Gasteiger charge is 2.20. The number of hydrogen-bond donors (Lipinski definition) is 0. The Morgan fingerprint density at radius 1 is 1.50 bits per heavy atom. The quantitative estimate of drug-likeness (QED) is 0.520. The molecule has 0 spiro atoms. The fraction of sp³-hybridized carbons (Fsp3) is 0.500. The summed E-state index contributed by atoms with van der Waals surface area (Å²) in [4.78, 5) is 0. The van der Waals surface area contributed by atoms with Crippen molar-refractivity contribution in [2.45, 2.75) is 5.76 Å². The van der Waals surface area contributed by atoms with Gasteiger partial charge in [0.05, 0.1) is 0 Å². The van der Waals surface area contributed by atoms with Gasteiger partial charge in [-0.05, 0) is 0 Å². The van der Waals surface area contributed by atoms with E-state index < -0.39 is 15.8 Å². The van der Waals surface area contributed by atoms with E-state index in [0.29, 0.717) is 0 Å². The van der Waals surface area contributed by atoms with Gasteiger partial charge >= 0.3 is 15.8 Å². The minimum atomic E-state index is -4.56. The molecule has 0 aliphatic rings. The van der Waals surface area contributed by atoms with E-state index in [1.165, 1.54) is 0 Å². The Kier molecular flexibility index (Phi) is 2.02. The van der Waals surface area contributed by atoms with Gasteiger partial charge in [0.15, 0.2) is 0 Å². The van der Waals surface area contributed by atoms with Gasteiger partial charge in [-0.15, -0.1) is 0 Å². The number of rotatable bonds is 2. The largest absolute Gasteiger partial charge is 0.357 e. The van der Waals surface area contributed by atoms with E-state index in [9.17, 15) is 17.2 Å². The summed E-state index contributed by atoms with van der Waals surface area (Å²) in [5, 5.41) is 0. The number of nitrogens with zero attached hydrogens (tertiary/aromatic N) is 1. The topological polar surface area (TPSA) is 46.5 Å². The molecule has 0 radical (unpaired) electrons. The van der Waals surface area contributed by atoms with Gasteiger partial charge in [-0.2, -0.15) is 21.6 Å². The highest BCUT2D eigenvalue weighted by atomic mass is 32.2. The van der Waals surface area contributed by atoms with Crippen LogP contribution in [0.4, 0.5) is 8.78 Å². The molecule has 0 saturated heterocycles. The monoisotopic (exact) mass is 143 g/mol. The number of alkyl halides is 2. The van der Waals surface area contributed by atoms with Crippen LogP contribution < -0.4 is 0 Å². The van der Waals surface area contributed by atoms with Crippen LogP contribution in [-0.2, 0) is 10.0 Å². The average molecular weight is 143 g/mol. The molecule has 6 heteroatoms. The van der Waals surface area contributed by atoms with Crippen molar-refractivity contribution in [2.24, 2.45) is 4.40 Å². The molecular weight excluding hydrogens is 140 g/mol. The Morgan fingerprint density at radius 3 is 1.88 bits per heavy atom. The molecule has 0 N–H and O–H groups in total. The van der Waals surface area contributed by atoms with E-state index in [2.05, 4.69) is 11.1 Å². The van der Waals surface area contributed by atoms with Gasteiger partial charge in [0.2, 0.25) is 0 Å². The Hall–Kier alpha value is -0.520. The van der Waals surface area contributed by atoms with Crippen LogP contribution in [0.5, 0.6) is 0 Å². The lowest BCUT2D eigenvalue weighted by molar-refractivity contribution is 0.235. The molecule has 0 fully saturated rings. The summed E-state index contributed by atoms with van der Waals surface area (Å²) in [5.41, 5.74) is 0. The van der Waals surface area contributed by atoms with Crippen molar-refractivity contribution in [1.29, 1.82) is 0 Å². The first-order valence-corrected chi connectivity index (χ1v) is 3.01. The molecule has 0 aromatic carbocycles. The maximum atomic E-state index is 11.1. The predicted octanol–water partition coefficient (Wildman–Crippen LogP) is 0.239. The summed E-state index contributed by atoms with van der Waals surface area (Å²) in [6, 6.07) is 0. The van der Waals surface area contributed by atoms with Gasteiger partial charge in [0.25, 0.3) is 0 Å². The van der Waals surface area contributed by atoms with Crippen LogP contribution in [0.3, 0.4) is 0 Å². The van der Waals surface area contributed by atoms with Gasteiger partial charge < -0.3 is 0 Å².